The number of benzene rings is 6. The van der Waals surface area contributed by atoms with Gasteiger partial charge in [0.05, 0.1) is 26.9 Å². The molecule has 44 heavy (non-hydrogen) atoms. The highest BCUT2D eigenvalue weighted by atomic mass is 32.2. The summed E-state index contributed by atoms with van der Waals surface area (Å²) in [7, 11) is 0. The third-order valence-electron chi connectivity index (χ3n) is 8.79. The van der Waals surface area contributed by atoms with Crippen molar-refractivity contribution in [2.75, 3.05) is 4.90 Å². The summed E-state index contributed by atoms with van der Waals surface area (Å²) in [4.78, 5) is 7.09. The quantitative estimate of drug-likeness (QED) is 0.200. The van der Waals surface area contributed by atoms with Crippen molar-refractivity contribution in [1.29, 1.82) is 0 Å². The zero-order chi connectivity index (χ0) is 29.4. The Balaban J connectivity index is 1.34. The van der Waals surface area contributed by atoms with E-state index in [1.807, 2.05) is 36.0 Å². The summed E-state index contributed by atoms with van der Waals surface area (Å²) in [5.74, 6) is 1.72. The van der Waals surface area contributed by atoms with Crippen LogP contribution in [0.25, 0.3) is 21.9 Å². The van der Waals surface area contributed by atoms with Crippen molar-refractivity contribution in [2.45, 2.75) is 38.8 Å². The van der Waals surface area contributed by atoms with Gasteiger partial charge in [-0.1, -0.05) is 116 Å². The zero-order valence-electron chi connectivity index (χ0n) is 24.2. The van der Waals surface area contributed by atoms with Gasteiger partial charge in [0.25, 0.3) is 0 Å². The number of fused-ring (bicyclic) bond motifs is 7. The molecule has 0 saturated carbocycles. The molecular formula is C39H27NO2S2. The number of rotatable bonds is 3. The van der Waals surface area contributed by atoms with Gasteiger partial charge in [0.1, 0.15) is 11.3 Å². The predicted octanol–water partition coefficient (Wildman–Crippen LogP) is 12.1. The molecule has 3 heterocycles. The zero-order valence-corrected chi connectivity index (χ0v) is 25.8. The van der Waals surface area contributed by atoms with Gasteiger partial charge in [-0.05, 0) is 59.7 Å². The Hall–Kier alpha value is -4.58. The molecule has 0 amide bonds. The molecule has 1 aromatic heterocycles. The smallest absolute Gasteiger partial charge is 0.165 e. The summed E-state index contributed by atoms with van der Waals surface area (Å²) in [6.45, 7) is 4.67. The summed E-state index contributed by atoms with van der Waals surface area (Å²) in [6, 6.07) is 44.9. The SMILES string of the molecule is CC1(C)c2ccccc2Sc2c(N(c3cccc4c3Oc3ccccc3S4)c3cccc4c3oc3ccccc34)cccc21. The van der Waals surface area contributed by atoms with Crippen LogP contribution in [-0.4, -0.2) is 0 Å². The summed E-state index contributed by atoms with van der Waals surface area (Å²) in [5, 5.41) is 2.20. The Morgan fingerprint density at radius 2 is 1.20 bits per heavy atom. The second-order valence-corrected chi connectivity index (χ2v) is 13.9. The molecule has 0 atom stereocenters. The highest BCUT2D eigenvalue weighted by Gasteiger charge is 2.36. The van der Waals surface area contributed by atoms with E-state index in [4.69, 9.17) is 9.15 Å². The number of ether oxygens (including phenoxy) is 1. The minimum atomic E-state index is -0.161. The molecular weight excluding hydrogens is 579 g/mol. The van der Waals surface area contributed by atoms with Crippen LogP contribution in [0.4, 0.5) is 17.1 Å². The lowest BCUT2D eigenvalue weighted by Crippen LogP contribution is -2.25. The first-order chi connectivity index (χ1) is 21.6. The Morgan fingerprint density at radius 3 is 2.14 bits per heavy atom. The topological polar surface area (TPSA) is 25.6 Å². The van der Waals surface area contributed by atoms with E-state index < -0.39 is 0 Å². The third kappa shape index (κ3) is 3.79. The van der Waals surface area contributed by atoms with Crippen LogP contribution in [0.1, 0.15) is 25.0 Å². The van der Waals surface area contributed by atoms with E-state index >= 15 is 0 Å². The average molecular weight is 606 g/mol. The largest absolute Gasteiger partial charge is 0.454 e. The number of para-hydroxylation sites is 4. The Kier molecular flexibility index (Phi) is 5.71. The van der Waals surface area contributed by atoms with E-state index in [0.717, 1.165) is 60.3 Å². The van der Waals surface area contributed by atoms with Gasteiger partial charge in [-0.2, -0.15) is 0 Å². The van der Waals surface area contributed by atoms with E-state index in [1.165, 1.54) is 20.9 Å². The number of hydrogen-bond acceptors (Lipinski definition) is 5. The number of hydrogen-bond donors (Lipinski definition) is 0. The summed E-state index contributed by atoms with van der Waals surface area (Å²) in [6.07, 6.45) is 0. The number of nitrogens with zero attached hydrogens (tertiary/aromatic N) is 1. The monoisotopic (exact) mass is 605 g/mol. The van der Waals surface area contributed by atoms with Crippen molar-refractivity contribution >= 4 is 62.5 Å². The van der Waals surface area contributed by atoms with Crippen molar-refractivity contribution in [1.82, 2.24) is 0 Å². The summed E-state index contributed by atoms with van der Waals surface area (Å²) >= 11 is 3.60. The van der Waals surface area contributed by atoms with Gasteiger partial charge in [0.15, 0.2) is 11.3 Å². The standard InChI is InChI=1S/C39H27NO2S2/c1-39(2)26-14-4-7-21-33(26)44-38-27(39)15-10-18-30(38)40(28-16-9-13-25-24-12-3-5-19-31(24)41-36(25)28)29-17-11-23-35-37(29)42-32-20-6-8-22-34(32)43-35/h3-23H,1-2H3. The molecule has 0 unspecified atom stereocenters. The van der Waals surface area contributed by atoms with Crippen LogP contribution in [0.2, 0.25) is 0 Å². The van der Waals surface area contributed by atoms with E-state index in [-0.39, 0.29) is 5.41 Å². The number of furan rings is 1. The predicted molar refractivity (Wildman–Crippen MR) is 182 cm³/mol. The van der Waals surface area contributed by atoms with Crippen molar-refractivity contribution < 1.29 is 9.15 Å². The van der Waals surface area contributed by atoms with Gasteiger partial charge in [0.2, 0.25) is 0 Å². The molecule has 0 spiro atoms. The second kappa shape index (κ2) is 9.71. The molecule has 6 aromatic carbocycles. The van der Waals surface area contributed by atoms with E-state index in [9.17, 15) is 0 Å². The first-order valence-corrected chi connectivity index (χ1v) is 16.4. The second-order valence-electron chi connectivity index (χ2n) is 11.7. The molecule has 7 aromatic rings. The molecule has 9 rings (SSSR count). The van der Waals surface area contributed by atoms with Crippen LogP contribution < -0.4 is 9.64 Å². The van der Waals surface area contributed by atoms with E-state index in [2.05, 4.69) is 122 Å². The van der Waals surface area contributed by atoms with Gasteiger partial charge < -0.3 is 14.1 Å². The highest BCUT2D eigenvalue weighted by Crippen LogP contribution is 2.58. The summed E-state index contributed by atoms with van der Waals surface area (Å²) < 4.78 is 13.4. The Bertz CT molecular complexity index is 2270. The first kappa shape index (κ1) is 25.9. The fourth-order valence-corrected chi connectivity index (χ4v) is 9.11. The molecule has 0 N–H and O–H groups in total. The van der Waals surface area contributed by atoms with Crippen LogP contribution in [0.5, 0.6) is 11.5 Å². The third-order valence-corrected chi connectivity index (χ3v) is 11.1. The van der Waals surface area contributed by atoms with Gasteiger partial charge >= 0.3 is 0 Å². The fourth-order valence-electron chi connectivity index (χ4n) is 6.64. The van der Waals surface area contributed by atoms with Crippen molar-refractivity contribution in [2.24, 2.45) is 0 Å². The average Bonchev–Trinajstić information content (AvgIpc) is 3.44. The molecule has 212 valence electrons. The lowest BCUT2D eigenvalue weighted by Gasteiger charge is -2.38. The van der Waals surface area contributed by atoms with Crippen LogP contribution >= 0.6 is 23.5 Å². The van der Waals surface area contributed by atoms with Gasteiger partial charge in [-0.3, -0.25) is 0 Å². The number of anilines is 3. The van der Waals surface area contributed by atoms with Crippen LogP contribution in [0.15, 0.2) is 151 Å². The molecule has 2 aliphatic heterocycles. The van der Waals surface area contributed by atoms with Gasteiger partial charge in [0, 0.05) is 26.0 Å². The molecule has 3 nitrogen and oxygen atoms in total. The van der Waals surface area contributed by atoms with E-state index in [1.54, 1.807) is 11.8 Å². The molecule has 0 aliphatic carbocycles. The van der Waals surface area contributed by atoms with Crippen molar-refractivity contribution in [3.63, 3.8) is 0 Å². The molecule has 5 heteroatoms. The molecule has 0 bridgehead atoms. The van der Waals surface area contributed by atoms with Crippen molar-refractivity contribution in [3.05, 3.63) is 139 Å². The highest BCUT2D eigenvalue weighted by molar-refractivity contribution is 8.00. The maximum Gasteiger partial charge on any atom is 0.165 e. The van der Waals surface area contributed by atoms with Crippen LogP contribution in [0.3, 0.4) is 0 Å². The summed E-state index contributed by atoms with van der Waals surface area (Å²) in [5.41, 5.74) is 7.29. The van der Waals surface area contributed by atoms with Crippen LogP contribution in [-0.2, 0) is 5.41 Å². The molecule has 0 fully saturated rings. The maximum absolute atomic E-state index is 6.74. The normalized spacial score (nSPS) is 14.3. The fraction of sp³-hybridized carbons (Fsp3) is 0.0769. The first-order valence-electron chi connectivity index (χ1n) is 14.8. The molecule has 0 radical (unpaired) electrons. The maximum atomic E-state index is 6.74. The van der Waals surface area contributed by atoms with Crippen molar-refractivity contribution in [3.8, 4) is 11.5 Å². The van der Waals surface area contributed by atoms with Crippen LogP contribution in [0, 0.1) is 0 Å². The minimum Gasteiger partial charge on any atom is -0.454 e. The van der Waals surface area contributed by atoms with E-state index in [0.29, 0.717) is 0 Å². The molecule has 0 saturated heterocycles. The minimum absolute atomic E-state index is 0.161. The van der Waals surface area contributed by atoms with Gasteiger partial charge in [-0.25, -0.2) is 0 Å². The Morgan fingerprint density at radius 1 is 0.545 bits per heavy atom. The Labute approximate surface area is 264 Å². The molecule has 2 aliphatic rings. The lowest BCUT2D eigenvalue weighted by molar-refractivity contribution is 0.455. The lowest BCUT2D eigenvalue weighted by atomic mass is 9.77. The van der Waals surface area contributed by atoms with Gasteiger partial charge in [-0.15, -0.1) is 0 Å².